The normalized spacial score (nSPS) is 9.44. The van der Waals surface area contributed by atoms with Crippen LogP contribution in [0.1, 0.15) is 11.3 Å². The van der Waals surface area contributed by atoms with E-state index in [1.165, 1.54) is 0 Å². The Hall–Kier alpha value is -2.40. The molecule has 0 fully saturated rings. The first kappa shape index (κ1) is 10.1. The van der Waals surface area contributed by atoms with Crippen LogP contribution in [-0.4, -0.2) is 4.98 Å². The van der Waals surface area contributed by atoms with Crippen LogP contribution in [0.3, 0.4) is 0 Å². The van der Waals surface area contributed by atoms with Gasteiger partial charge in [0.15, 0.2) is 0 Å². The van der Waals surface area contributed by atoms with Gasteiger partial charge in [0.1, 0.15) is 11.8 Å². The summed E-state index contributed by atoms with van der Waals surface area (Å²) in [7, 11) is 0. The Morgan fingerprint density at radius 2 is 1.75 bits per heavy atom. The summed E-state index contributed by atoms with van der Waals surface area (Å²) >= 11 is 0. The maximum atomic E-state index is 8.64. The number of rotatable bonds is 2. The highest BCUT2D eigenvalue weighted by Crippen LogP contribution is 2.19. The Morgan fingerprint density at radius 3 is 2.25 bits per heavy atom. The maximum Gasteiger partial charge on any atom is 0.140 e. The molecule has 1 aromatic carbocycles. The van der Waals surface area contributed by atoms with Gasteiger partial charge in [-0.3, -0.25) is 0 Å². The van der Waals surface area contributed by atoms with Gasteiger partial charge >= 0.3 is 0 Å². The molecule has 0 unspecified atom stereocenters. The van der Waals surface area contributed by atoms with Crippen molar-refractivity contribution in [3.05, 3.63) is 60.4 Å². The fourth-order valence-electron chi connectivity index (χ4n) is 1.44. The topological polar surface area (TPSA) is 36.7 Å². The quantitative estimate of drug-likeness (QED) is 0.756. The summed E-state index contributed by atoms with van der Waals surface area (Å²) in [6, 6.07) is 13.6. The Kier molecular flexibility index (Phi) is 2.79. The Morgan fingerprint density at radius 1 is 1.06 bits per heavy atom. The van der Waals surface area contributed by atoms with E-state index in [0.717, 1.165) is 16.7 Å². The van der Waals surface area contributed by atoms with Crippen molar-refractivity contribution in [2.24, 2.45) is 0 Å². The fourth-order valence-corrected chi connectivity index (χ4v) is 1.44. The van der Waals surface area contributed by atoms with Crippen molar-refractivity contribution in [2.75, 3.05) is 0 Å². The minimum Gasteiger partial charge on any atom is -0.245 e. The molecule has 2 rings (SSSR count). The van der Waals surface area contributed by atoms with Crippen molar-refractivity contribution < 1.29 is 0 Å². The zero-order valence-corrected chi connectivity index (χ0v) is 8.72. The highest BCUT2D eigenvalue weighted by molar-refractivity contribution is 5.64. The lowest BCUT2D eigenvalue weighted by Crippen LogP contribution is -1.83. The third-order valence-electron chi connectivity index (χ3n) is 2.36. The van der Waals surface area contributed by atoms with E-state index in [2.05, 4.69) is 11.6 Å². The first-order valence-electron chi connectivity index (χ1n) is 4.92. The molecule has 0 saturated heterocycles. The van der Waals surface area contributed by atoms with E-state index in [1.807, 2.05) is 36.4 Å². The number of pyridine rings is 1. The van der Waals surface area contributed by atoms with Crippen LogP contribution in [-0.2, 0) is 0 Å². The van der Waals surface area contributed by atoms with Gasteiger partial charge in [0.25, 0.3) is 0 Å². The van der Waals surface area contributed by atoms with Crippen molar-refractivity contribution in [1.29, 1.82) is 5.26 Å². The molecule has 1 heterocycles. The molecule has 0 aliphatic carbocycles. The number of aromatic nitrogens is 1. The first-order chi connectivity index (χ1) is 7.83. The van der Waals surface area contributed by atoms with E-state index in [0.29, 0.717) is 5.69 Å². The molecule has 2 nitrogen and oxygen atoms in total. The van der Waals surface area contributed by atoms with Crippen molar-refractivity contribution in [3.8, 4) is 17.2 Å². The van der Waals surface area contributed by atoms with Crippen LogP contribution in [0.25, 0.3) is 17.2 Å². The molecule has 0 saturated carbocycles. The summed E-state index contributed by atoms with van der Waals surface area (Å²) < 4.78 is 0. The lowest BCUT2D eigenvalue weighted by molar-refractivity contribution is 1.26. The molecule has 0 amide bonds. The number of hydrogen-bond acceptors (Lipinski definition) is 2. The first-order valence-corrected chi connectivity index (χ1v) is 4.92. The Labute approximate surface area is 94.5 Å². The summed E-state index contributed by atoms with van der Waals surface area (Å²) in [5.41, 5.74) is 3.62. The van der Waals surface area contributed by atoms with Crippen LogP contribution in [0, 0.1) is 11.3 Å². The monoisotopic (exact) mass is 206 g/mol. The van der Waals surface area contributed by atoms with Crippen LogP contribution in [0.15, 0.2) is 49.2 Å². The predicted octanol–water partition coefficient (Wildman–Crippen LogP) is 3.26. The van der Waals surface area contributed by atoms with E-state index in [9.17, 15) is 0 Å². The molecule has 0 spiro atoms. The Balaban J connectivity index is 2.35. The predicted molar refractivity (Wildman–Crippen MR) is 64.5 cm³/mol. The summed E-state index contributed by atoms with van der Waals surface area (Å²) in [5.74, 6) is 0. The second-order valence-corrected chi connectivity index (χ2v) is 3.37. The summed E-state index contributed by atoms with van der Waals surface area (Å²) in [6.07, 6.45) is 3.52. The minimum atomic E-state index is 0.437. The van der Waals surface area contributed by atoms with Gasteiger partial charge in [-0.15, -0.1) is 0 Å². The number of nitrogens with zero attached hydrogens (tertiary/aromatic N) is 2. The van der Waals surface area contributed by atoms with Gasteiger partial charge in [-0.05, 0) is 23.3 Å². The lowest BCUT2D eigenvalue weighted by atomic mass is 10.1. The molecule has 0 aliphatic rings. The van der Waals surface area contributed by atoms with E-state index >= 15 is 0 Å². The fraction of sp³-hybridized carbons (Fsp3) is 0. The Bertz CT molecular complexity index is 530. The highest BCUT2D eigenvalue weighted by Gasteiger charge is 1.98. The van der Waals surface area contributed by atoms with Crippen molar-refractivity contribution in [3.63, 3.8) is 0 Å². The number of benzene rings is 1. The number of nitriles is 1. The molecule has 0 radical (unpaired) electrons. The van der Waals surface area contributed by atoms with Gasteiger partial charge in [-0.1, -0.05) is 36.9 Å². The third-order valence-corrected chi connectivity index (χ3v) is 2.36. The van der Waals surface area contributed by atoms with Gasteiger partial charge < -0.3 is 0 Å². The molecular formula is C14H10N2. The van der Waals surface area contributed by atoms with E-state index < -0.39 is 0 Å². The maximum absolute atomic E-state index is 8.64. The van der Waals surface area contributed by atoms with Crippen molar-refractivity contribution in [1.82, 2.24) is 4.98 Å². The molecule has 0 N–H and O–H groups in total. The molecular weight excluding hydrogens is 196 g/mol. The van der Waals surface area contributed by atoms with Gasteiger partial charge in [0.05, 0.1) is 0 Å². The molecule has 0 aliphatic heterocycles. The molecule has 0 bridgehead atoms. The SMILES string of the molecule is C=Cc1ccc(-c2ccc(C#N)nc2)cc1. The van der Waals surface area contributed by atoms with Gasteiger partial charge in [-0.2, -0.15) is 5.26 Å². The van der Waals surface area contributed by atoms with E-state index in [1.54, 1.807) is 18.3 Å². The molecule has 2 aromatic rings. The van der Waals surface area contributed by atoms with Crippen LogP contribution in [0.4, 0.5) is 0 Å². The van der Waals surface area contributed by atoms with Gasteiger partial charge in [-0.25, -0.2) is 4.98 Å². The molecule has 1 aromatic heterocycles. The van der Waals surface area contributed by atoms with Crippen LogP contribution < -0.4 is 0 Å². The average molecular weight is 206 g/mol. The standard InChI is InChI=1S/C14H10N2/c1-2-11-3-5-12(6-4-11)13-7-8-14(9-15)16-10-13/h2-8,10H,1H2. The van der Waals surface area contributed by atoms with Crippen molar-refractivity contribution in [2.45, 2.75) is 0 Å². The second-order valence-electron chi connectivity index (χ2n) is 3.37. The summed E-state index contributed by atoms with van der Waals surface area (Å²) in [4.78, 5) is 4.03. The van der Waals surface area contributed by atoms with Gasteiger partial charge in [0.2, 0.25) is 0 Å². The summed E-state index contributed by atoms with van der Waals surface area (Å²) in [6.45, 7) is 3.71. The third kappa shape index (κ3) is 1.99. The second kappa shape index (κ2) is 4.41. The van der Waals surface area contributed by atoms with Gasteiger partial charge in [0, 0.05) is 11.8 Å². The minimum absolute atomic E-state index is 0.437. The van der Waals surface area contributed by atoms with E-state index in [4.69, 9.17) is 5.26 Å². The smallest absolute Gasteiger partial charge is 0.140 e. The molecule has 0 atom stereocenters. The molecule has 76 valence electrons. The van der Waals surface area contributed by atoms with Crippen molar-refractivity contribution >= 4 is 6.08 Å². The molecule has 16 heavy (non-hydrogen) atoms. The largest absolute Gasteiger partial charge is 0.245 e. The molecule has 2 heteroatoms. The number of hydrogen-bond donors (Lipinski definition) is 0. The highest BCUT2D eigenvalue weighted by atomic mass is 14.7. The summed E-state index contributed by atoms with van der Waals surface area (Å²) in [5, 5.41) is 8.64. The van der Waals surface area contributed by atoms with E-state index in [-0.39, 0.29) is 0 Å². The van der Waals surface area contributed by atoms with Crippen LogP contribution in [0.2, 0.25) is 0 Å². The van der Waals surface area contributed by atoms with Crippen LogP contribution >= 0.6 is 0 Å². The lowest BCUT2D eigenvalue weighted by Gasteiger charge is -2.01. The average Bonchev–Trinajstić information content (AvgIpc) is 2.39. The zero-order valence-electron chi connectivity index (χ0n) is 8.72. The zero-order chi connectivity index (χ0) is 11.4. The van der Waals surface area contributed by atoms with Crippen LogP contribution in [0.5, 0.6) is 0 Å².